The van der Waals surface area contributed by atoms with Gasteiger partial charge in [-0.05, 0) is 24.3 Å². The van der Waals surface area contributed by atoms with Crippen LogP contribution in [0, 0.1) is 0 Å². The average Bonchev–Trinajstić information content (AvgIpc) is 2.89. The van der Waals surface area contributed by atoms with Crippen molar-refractivity contribution < 1.29 is 13.2 Å². The Bertz CT molecular complexity index is 873. The highest BCUT2D eigenvalue weighted by molar-refractivity contribution is 7.99. The van der Waals surface area contributed by atoms with Gasteiger partial charge in [-0.3, -0.25) is 4.98 Å². The number of hydrogen-bond donors (Lipinski definition) is 0. The second-order valence-electron chi connectivity index (χ2n) is 5.28. The van der Waals surface area contributed by atoms with Gasteiger partial charge in [0.2, 0.25) is 0 Å². The second kappa shape index (κ2) is 6.43. The van der Waals surface area contributed by atoms with Gasteiger partial charge in [-0.15, -0.1) is 11.8 Å². The maximum atomic E-state index is 12.9. The number of imidazole rings is 1. The predicted octanol–water partition coefficient (Wildman–Crippen LogP) is 4.55. The summed E-state index contributed by atoms with van der Waals surface area (Å²) in [6.45, 7) is 2.08. The molecule has 0 N–H and O–H groups in total. The smallest absolute Gasteiger partial charge is 0.312 e. The first-order valence-electron chi connectivity index (χ1n) is 7.38. The van der Waals surface area contributed by atoms with Crippen molar-refractivity contribution >= 4 is 22.9 Å². The van der Waals surface area contributed by atoms with Gasteiger partial charge in [-0.2, -0.15) is 13.2 Å². The molecule has 3 aromatic heterocycles. The van der Waals surface area contributed by atoms with Gasteiger partial charge in [0.25, 0.3) is 0 Å². The molecule has 0 aromatic carbocycles. The molecule has 0 atom stereocenters. The summed E-state index contributed by atoms with van der Waals surface area (Å²) in [6.07, 6.45) is 0.825. The number of aromatic nitrogens is 4. The lowest BCUT2D eigenvalue weighted by atomic mass is 10.2. The number of halogens is 3. The molecule has 0 spiro atoms. The van der Waals surface area contributed by atoms with E-state index in [1.165, 1.54) is 0 Å². The van der Waals surface area contributed by atoms with E-state index < -0.39 is 11.7 Å². The van der Waals surface area contributed by atoms with Crippen molar-refractivity contribution in [3.63, 3.8) is 0 Å². The Balaban J connectivity index is 2.12. The van der Waals surface area contributed by atoms with Gasteiger partial charge in [0, 0.05) is 36.1 Å². The highest BCUT2D eigenvalue weighted by Gasteiger charge is 2.31. The van der Waals surface area contributed by atoms with Crippen LogP contribution in [-0.2, 0) is 13.2 Å². The third kappa shape index (κ3) is 3.10. The monoisotopic (exact) mass is 352 g/mol. The highest BCUT2D eigenvalue weighted by Crippen LogP contribution is 2.34. The third-order valence-corrected chi connectivity index (χ3v) is 4.77. The molecule has 3 heterocycles. The summed E-state index contributed by atoms with van der Waals surface area (Å²) in [5.41, 5.74) is 0.694. The molecule has 4 nitrogen and oxygen atoms in total. The molecule has 3 rings (SSSR count). The quantitative estimate of drug-likeness (QED) is 0.646. The van der Waals surface area contributed by atoms with E-state index in [2.05, 4.69) is 21.9 Å². The van der Waals surface area contributed by atoms with Crippen LogP contribution in [0.2, 0.25) is 0 Å². The number of pyridine rings is 2. The number of fused-ring (bicyclic) bond motifs is 1. The number of aryl methyl sites for hydroxylation is 1. The molecule has 0 bridgehead atoms. The minimum atomic E-state index is -4.43. The second-order valence-corrected chi connectivity index (χ2v) is 6.42. The Morgan fingerprint density at radius 1 is 1.25 bits per heavy atom. The van der Waals surface area contributed by atoms with Gasteiger partial charge in [0.1, 0.15) is 11.3 Å². The molecule has 8 heteroatoms. The first-order valence-corrected chi connectivity index (χ1v) is 8.37. The summed E-state index contributed by atoms with van der Waals surface area (Å²) in [6, 6.07) is 2.86. The normalized spacial score (nSPS) is 12.0. The van der Waals surface area contributed by atoms with E-state index in [-0.39, 0.29) is 5.52 Å². The van der Waals surface area contributed by atoms with E-state index in [1.807, 2.05) is 6.07 Å². The van der Waals surface area contributed by atoms with Crippen molar-refractivity contribution in [2.75, 3.05) is 5.75 Å². The fourth-order valence-corrected chi connectivity index (χ4v) is 3.24. The fraction of sp³-hybridized carbons (Fsp3) is 0.312. The van der Waals surface area contributed by atoms with E-state index in [9.17, 15) is 13.2 Å². The molecule has 0 saturated carbocycles. The number of thioether (sulfide) groups is 1. The predicted molar refractivity (Wildman–Crippen MR) is 87.8 cm³/mol. The molecule has 0 aliphatic rings. The lowest BCUT2D eigenvalue weighted by Gasteiger charge is -2.08. The van der Waals surface area contributed by atoms with Crippen LogP contribution in [0.4, 0.5) is 13.2 Å². The molecule has 0 amide bonds. The Hall–Kier alpha value is -2.09. The lowest BCUT2D eigenvalue weighted by Crippen LogP contribution is -2.05. The fourth-order valence-electron chi connectivity index (χ4n) is 2.36. The average molecular weight is 352 g/mol. The topological polar surface area (TPSA) is 43.6 Å². The molecule has 126 valence electrons. The van der Waals surface area contributed by atoms with Crippen LogP contribution in [0.3, 0.4) is 0 Å². The van der Waals surface area contributed by atoms with Crippen molar-refractivity contribution in [2.45, 2.75) is 24.4 Å². The largest absolute Gasteiger partial charge is 0.417 e. The maximum Gasteiger partial charge on any atom is 0.417 e. The molecular weight excluding hydrogens is 337 g/mol. The SMILES string of the molecule is CCCSc1cnccc1-c1nc2cc(C(F)(F)F)cnc2n1C. The first kappa shape index (κ1) is 16.8. The Kier molecular flexibility index (Phi) is 4.49. The van der Waals surface area contributed by atoms with Crippen LogP contribution in [0.5, 0.6) is 0 Å². The number of alkyl halides is 3. The summed E-state index contributed by atoms with van der Waals surface area (Å²) in [5.74, 6) is 1.51. The van der Waals surface area contributed by atoms with Crippen LogP contribution in [0.1, 0.15) is 18.9 Å². The summed E-state index contributed by atoms with van der Waals surface area (Å²) in [7, 11) is 1.75. The highest BCUT2D eigenvalue weighted by atomic mass is 32.2. The lowest BCUT2D eigenvalue weighted by molar-refractivity contribution is -0.137. The molecule has 3 aromatic rings. The Morgan fingerprint density at radius 2 is 2.04 bits per heavy atom. The van der Waals surface area contributed by atoms with E-state index in [1.54, 1.807) is 35.8 Å². The third-order valence-electron chi connectivity index (χ3n) is 3.52. The molecule has 24 heavy (non-hydrogen) atoms. The molecular formula is C16H15F3N4S. The van der Waals surface area contributed by atoms with Crippen molar-refractivity contribution in [3.05, 3.63) is 36.3 Å². The van der Waals surface area contributed by atoms with Gasteiger partial charge in [-0.1, -0.05) is 6.92 Å². The van der Waals surface area contributed by atoms with E-state index >= 15 is 0 Å². The van der Waals surface area contributed by atoms with Crippen LogP contribution >= 0.6 is 11.8 Å². The van der Waals surface area contributed by atoms with E-state index in [4.69, 9.17) is 0 Å². The minimum absolute atomic E-state index is 0.227. The molecule has 0 fully saturated rings. The summed E-state index contributed by atoms with van der Waals surface area (Å²) in [5, 5.41) is 0. The van der Waals surface area contributed by atoms with E-state index in [0.717, 1.165) is 34.9 Å². The van der Waals surface area contributed by atoms with Crippen LogP contribution < -0.4 is 0 Å². The molecule has 0 radical (unpaired) electrons. The van der Waals surface area contributed by atoms with Crippen molar-refractivity contribution in [3.8, 4) is 11.4 Å². The van der Waals surface area contributed by atoms with Gasteiger partial charge in [0.05, 0.1) is 5.56 Å². The maximum absolute atomic E-state index is 12.9. The van der Waals surface area contributed by atoms with Crippen molar-refractivity contribution in [1.29, 1.82) is 0 Å². The molecule has 0 aliphatic carbocycles. The Labute approximate surface area is 141 Å². The van der Waals surface area contributed by atoms with Crippen LogP contribution in [0.25, 0.3) is 22.6 Å². The Morgan fingerprint density at radius 3 is 2.75 bits per heavy atom. The summed E-state index contributed by atoms with van der Waals surface area (Å²) >= 11 is 1.65. The minimum Gasteiger partial charge on any atom is -0.312 e. The summed E-state index contributed by atoms with van der Waals surface area (Å²) < 4.78 is 40.3. The zero-order valence-electron chi connectivity index (χ0n) is 13.1. The van der Waals surface area contributed by atoms with Crippen LogP contribution in [0.15, 0.2) is 35.6 Å². The first-order chi connectivity index (χ1) is 11.4. The standard InChI is InChI=1S/C16H15F3N4S/c1-3-6-24-13-9-20-5-4-11(13)14-22-12-7-10(16(17,18)19)8-21-15(12)23(14)2/h4-5,7-9H,3,6H2,1-2H3. The number of rotatable bonds is 4. The molecule has 0 unspecified atom stereocenters. The summed E-state index contributed by atoms with van der Waals surface area (Å²) in [4.78, 5) is 13.4. The molecule has 0 aliphatic heterocycles. The van der Waals surface area contributed by atoms with Crippen molar-refractivity contribution in [2.24, 2.45) is 7.05 Å². The van der Waals surface area contributed by atoms with Crippen LogP contribution in [-0.4, -0.2) is 25.3 Å². The van der Waals surface area contributed by atoms with Gasteiger partial charge >= 0.3 is 6.18 Å². The number of nitrogens with zero attached hydrogens (tertiary/aromatic N) is 4. The van der Waals surface area contributed by atoms with Gasteiger partial charge in [-0.25, -0.2) is 9.97 Å². The zero-order valence-corrected chi connectivity index (χ0v) is 13.9. The van der Waals surface area contributed by atoms with Gasteiger partial charge < -0.3 is 4.57 Å². The number of hydrogen-bond acceptors (Lipinski definition) is 4. The molecule has 0 saturated heterocycles. The zero-order chi connectivity index (χ0) is 17.3. The van der Waals surface area contributed by atoms with Gasteiger partial charge in [0.15, 0.2) is 5.65 Å². The van der Waals surface area contributed by atoms with E-state index in [0.29, 0.717) is 11.5 Å². The van der Waals surface area contributed by atoms with Crippen molar-refractivity contribution in [1.82, 2.24) is 19.5 Å².